The molecule has 0 heterocycles. The molecule has 0 aliphatic rings. The summed E-state index contributed by atoms with van der Waals surface area (Å²) in [5.74, 6) is -0.187. The van der Waals surface area contributed by atoms with Crippen molar-refractivity contribution in [1.82, 2.24) is 0 Å². The molecule has 0 saturated heterocycles. The van der Waals surface area contributed by atoms with Gasteiger partial charge in [-0.2, -0.15) is 0 Å². The van der Waals surface area contributed by atoms with Gasteiger partial charge in [-0.25, -0.2) is 0 Å². The van der Waals surface area contributed by atoms with Crippen molar-refractivity contribution in [3.05, 3.63) is 27.2 Å². The van der Waals surface area contributed by atoms with Gasteiger partial charge in [0.25, 0.3) is 5.91 Å². The topological polar surface area (TPSA) is 38.3 Å². The lowest BCUT2D eigenvalue weighted by molar-refractivity contribution is -0.136. The summed E-state index contributed by atoms with van der Waals surface area (Å²) in [7, 11) is 1.53. The molecule has 0 aliphatic heterocycles. The highest BCUT2D eigenvalue weighted by Gasteiger charge is 2.31. The number of rotatable bonds is 4. The van der Waals surface area contributed by atoms with Crippen LogP contribution in [0.5, 0.6) is 0 Å². The summed E-state index contributed by atoms with van der Waals surface area (Å²) >= 11 is 9.45. The van der Waals surface area contributed by atoms with Gasteiger partial charge in [-0.1, -0.05) is 18.5 Å². The van der Waals surface area contributed by atoms with Crippen molar-refractivity contribution in [3.8, 4) is 0 Å². The van der Waals surface area contributed by atoms with Crippen molar-refractivity contribution in [1.29, 1.82) is 0 Å². The Morgan fingerprint density at radius 1 is 1.56 bits per heavy atom. The molecule has 0 saturated carbocycles. The average Bonchev–Trinajstić information content (AvgIpc) is 2.34. The Balaban J connectivity index is 2.98. The number of carbonyl (C=O) groups is 1. The van der Waals surface area contributed by atoms with Crippen LogP contribution in [-0.2, 0) is 9.53 Å². The van der Waals surface area contributed by atoms with Gasteiger partial charge in [-0.3, -0.25) is 4.79 Å². The lowest BCUT2D eigenvalue weighted by Crippen LogP contribution is -2.41. The van der Waals surface area contributed by atoms with E-state index < -0.39 is 5.60 Å². The standard InChI is InChI=1S/C13H17BrClNO2/c1-5-13(3,18-4)12(17)16-11-7-10(15)8(2)6-9(11)14/h6-7H,5H2,1-4H3,(H,16,17). The van der Waals surface area contributed by atoms with Crippen LogP contribution in [0.2, 0.25) is 5.02 Å². The molecule has 18 heavy (non-hydrogen) atoms. The minimum absolute atomic E-state index is 0.187. The number of amides is 1. The van der Waals surface area contributed by atoms with Crippen LogP contribution < -0.4 is 5.32 Å². The second kappa shape index (κ2) is 6.04. The van der Waals surface area contributed by atoms with Gasteiger partial charge in [0.05, 0.1) is 5.69 Å². The first kappa shape index (κ1) is 15.5. The number of methoxy groups -OCH3 is 1. The van der Waals surface area contributed by atoms with Gasteiger partial charge >= 0.3 is 0 Å². The third-order valence-corrected chi connectivity index (χ3v) is 4.17. The lowest BCUT2D eigenvalue weighted by Gasteiger charge is -2.25. The van der Waals surface area contributed by atoms with E-state index in [1.165, 1.54) is 7.11 Å². The molecule has 100 valence electrons. The SMILES string of the molecule is CCC(C)(OC)C(=O)Nc1cc(Cl)c(C)cc1Br. The molecule has 5 heteroatoms. The van der Waals surface area contributed by atoms with E-state index in [1.807, 2.05) is 19.9 Å². The minimum Gasteiger partial charge on any atom is -0.369 e. The Morgan fingerprint density at radius 3 is 2.67 bits per heavy atom. The number of halogens is 2. The molecule has 1 unspecified atom stereocenters. The smallest absolute Gasteiger partial charge is 0.256 e. The van der Waals surface area contributed by atoms with Gasteiger partial charge in [0, 0.05) is 16.6 Å². The Kier molecular flexibility index (Phi) is 5.20. The molecule has 0 bridgehead atoms. The van der Waals surface area contributed by atoms with Crippen LogP contribution >= 0.6 is 27.5 Å². The highest BCUT2D eigenvalue weighted by Crippen LogP contribution is 2.30. The maximum Gasteiger partial charge on any atom is 0.256 e. The summed E-state index contributed by atoms with van der Waals surface area (Å²) in [6.07, 6.45) is 0.590. The van der Waals surface area contributed by atoms with Gasteiger partial charge in [0.15, 0.2) is 0 Å². The lowest BCUT2D eigenvalue weighted by atomic mass is 10.0. The fourth-order valence-corrected chi connectivity index (χ4v) is 2.11. The molecule has 0 aliphatic carbocycles. The molecule has 0 spiro atoms. The van der Waals surface area contributed by atoms with Crippen LogP contribution in [0.1, 0.15) is 25.8 Å². The second-order valence-corrected chi connectivity index (χ2v) is 5.59. The van der Waals surface area contributed by atoms with Gasteiger partial charge in [-0.05, 0) is 53.9 Å². The van der Waals surface area contributed by atoms with Gasteiger partial charge < -0.3 is 10.1 Å². The maximum absolute atomic E-state index is 12.1. The fourth-order valence-electron chi connectivity index (χ4n) is 1.39. The van der Waals surface area contributed by atoms with Crippen LogP contribution in [0.15, 0.2) is 16.6 Å². The molecule has 1 rings (SSSR count). The van der Waals surface area contributed by atoms with Crippen molar-refractivity contribution < 1.29 is 9.53 Å². The predicted octanol–water partition coefficient (Wildman–Crippen LogP) is 4.16. The van der Waals surface area contributed by atoms with E-state index >= 15 is 0 Å². The molecule has 1 atom stereocenters. The predicted molar refractivity (Wildman–Crippen MR) is 78.2 cm³/mol. The number of carbonyl (C=O) groups excluding carboxylic acids is 1. The molecular weight excluding hydrogens is 318 g/mol. The summed E-state index contributed by atoms with van der Waals surface area (Å²) in [6, 6.07) is 3.60. The van der Waals surface area contributed by atoms with E-state index in [1.54, 1.807) is 13.0 Å². The first-order valence-corrected chi connectivity index (χ1v) is 6.83. The molecule has 1 N–H and O–H groups in total. The first-order chi connectivity index (χ1) is 8.34. The molecule has 1 aromatic carbocycles. The molecule has 0 fully saturated rings. The van der Waals surface area contributed by atoms with Crippen LogP contribution in [0.3, 0.4) is 0 Å². The van der Waals surface area contributed by atoms with Crippen LogP contribution in [0, 0.1) is 6.92 Å². The second-order valence-electron chi connectivity index (χ2n) is 4.32. The molecule has 0 aromatic heterocycles. The quantitative estimate of drug-likeness (QED) is 0.897. The largest absolute Gasteiger partial charge is 0.369 e. The van der Waals surface area contributed by atoms with Crippen molar-refractivity contribution >= 4 is 39.1 Å². The Hall–Kier alpha value is -0.580. The normalized spacial score (nSPS) is 14.1. The fraction of sp³-hybridized carbons (Fsp3) is 0.462. The maximum atomic E-state index is 12.1. The van der Waals surface area contributed by atoms with E-state index in [0.717, 1.165) is 10.0 Å². The summed E-state index contributed by atoms with van der Waals surface area (Å²) in [5.41, 5.74) is 0.760. The van der Waals surface area contributed by atoms with Gasteiger partial charge in [0.1, 0.15) is 5.60 Å². The number of ether oxygens (including phenoxy) is 1. The number of aryl methyl sites for hydroxylation is 1. The van der Waals surface area contributed by atoms with E-state index in [4.69, 9.17) is 16.3 Å². The number of nitrogens with one attached hydrogen (secondary N) is 1. The molecule has 1 aromatic rings. The number of hydrogen-bond donors (Lipinski definition) is 1. The Morgan fingerprint density at radius 2 is 2.17 bits per heavy atom. The molecule has 1 amide bonds. The van der Waals surface area contributed by atoms with Crippen molar-refractivity contribution in [2.75, 3.05) is 12.4 Å². The first-order valence-electron chi connectivity index (χ1n) is 5.66. The van der Waals surface area contributed by atoms with Crippen LogP contribution in [-0.4, -0.2) is 18.6 Å². The zero-order chi connectivity index (χ0) is 13.9. The van der Waals surface area contributed by atoms with E-state index in [-0.39, 0.29) is 5.91 Å². The van der Waals surface area contributed by atoms with Crippen LogP contribution in [0.4, 0.5) is 5.69 Å². The van der Waals surface area contributed by atoms with E-state index in [2.05, 4.69) is 21.2 Å². The summed E-state index contributed by atoms with van der Waals surface area (Å²) in [5, 5.41) is 3.44. The monoisotopic (exact) mass is 333 g/mol. The third-order valence-electron chi connectivity index (χ3n) is 3.10. The minimum atomic E-state index is -0.837. The third kappa shape index (κ3) is 3.25. The zero-order valence-electron chi connectivity index (χ0n) is 10.9. The summed E-state index contributed by atoms with van der Waals surface area (Å²) in [4.78, 5) is 12.1. The molecule has 3 nitrogen and oxygen atoms in total. The Labute approximate surface area is 121 Å². The summed E-state index contributed by atoms with van der Waals surface area (Å²) in [6.45, 7) is 5.57. The van der Waals surface area contributed by atoms with Crippen molar-refractivity contribution in [2.45, 2.75) is 32.8 Å². The number of benzene rings is 1. The van der Waals surface area contributed by atoms with E-state index in [0.29, 0.717) is 17.1 Å². The average molecular weight is 335 g/mol. The summed E-state index contributed by atoms with van der Waals surface area (Å²) < 4.78 is 6.05. The zero-order valence-corrected chi connectivity index (χ0v) is 13.3. The van der Waals surface area contributed by atoms with E-state index in [9.17, 15) is 4.79 Å². The molecule has 0 radical (unpaired) electrons. The number of hydrogen-bond acceptors (Lipinski definition) is 2. The van der Waals surface area contributed by atoms with Crippen molar-refractivity contribution in [3.63, 3.8) is 0 Å². The van der Waals surface area contributed by atoms with Crippen LogP contribution in [0.25, 0.3) is 0 Å². The number of anilines is 1. The highest BCUT2D eigenvalue weighted by atomic mass is 79.9. The molecular formula is C13H17BrClNO2. The van der Waals surface area contributed by atoms with Crippen molar-refractivity contribution in [2.24, 2.45) is 0 Å². The van der Waals surface area contributed by atoms with Gasteiger partial charge in [0.2, 0.25) is 0 Å². The van der Waals surface area contributed by atoms with Gasteiger partial charge in [-0.15, -0.1) is 0 Å². The highest BCUT2D eigenvalue weighted by molar-refractivity contribution is 9.10. The Bertz CT molecular complexity index is 459.